The summed E-state index contributed by atoms with van der Waals surface area (Å²) in [5.74, 6) is 1.43. The Bertz CT molecular complexity index is 1640. The minimum absolute atomic E-state index is 0.0949. The molecule has 220 valence electrons. The number of hydrogen-bond donors (Lipinski definition) is 0. The number of fused-ring (bicyclic) bond motifs is 2. The lowest BCUT2D eigenvalue weighted by Gasteiger charge is -2.18. The summed E-state index contributed by atoms with van der Waals surface area (Å²) in [4.78, 5) is 33.3. The molecule has 0 unspecified atom stereocenters. The number of aldehydes is 1. The summed E-state index contributed by atoms with van der Waals surface area (Å²) >= 11 is 0. The normalized spacial score (nSPS) is 15.6. The molecule has 3 aromatic carbocycles. The van der Waals surface area contributed by atoms with Crippen LogP contribution in [0.3, 0.4) is 0 Å². The van der Waals surface area contributed by atoms with Crippen molar-refractivity contribution in [1.82, 2.24) is 0 Å². The van der Waals surface area contributed by atoms with Gasteiger partial charge in [0.05, 0.1) is 21.0 Å². The van der Waals surface area contributed by atoms with Gasteiger partial charge in [0.1, 0.15) is 22.7 Å². The van der Waals surface area contributed by atoms with Gasteiger partial charge in [-0.1, -0.05) is 36.4 Å². The Morgan fingerprint density at radius 1 is 0.690 bits per heavy atom. The zero-order chi connectivity index (χ0) is 31.1. The van der Waals surface area contributed by atoms with E-state index in [1.807, 2.05) is 77.1 Å². The number of benzene rings is 3. The molecule has 0 bridgehead atoms. The number of nitro benzene ring substituents is 2. The van der Waals surface area contributed by atoms with Gasteiger partial charge in [-0.15, -0.1) is 0 Å². The monoisotopic (exact) mass is 572 g/mol. The summed E-state index contributed by atoms with van der Waals surface area (Å²) in [5, 5.41) is 22.8. The van der Waals surface area contributed by atoms with E-state index in [4.69, 9.17) is 9.47 Å². The smallest absolute Gasteiger partial charge is 0.283 e. The topological polar surface area (TPSA) is 122 Å². The molecule has 2 aliphatic heterocycles. The molecule has 3 aromatic rings. The van der Waals surface area contributed by atoms with Crippen molar-refractivity contribution in [3.05, 3.63) is 101 Å². The first-order valence-electron chi connectivity index (χ1n) is 13.8. The minimum Gasteiger partial charge on any atom is -0.487 e. The molecule has 0 aromatic heterocycles. The van der Waals surface area contributed by atoms with Crippen LogP contribution in [0.15, 0.2) is 30.3 Å². The Morgan fingerprint density at radius 3 is 1.55 bits per heavy atom. The summed E-state index contributed by atoms with van der Waals surface area (Å²) in [6, 6.07) is 9.80. The van der Waals surface area contributed by atoms with Crippen LogP contribution in [-0.2, 0) is 12.8 Å². The van der Waals surface area contributed by atoms with Crippen molar-refractivity contribution in [3.63, 3.8) is 0 Å². The van der Waals surface area contributed by atoms with E-state index in [0.29, 0.717) is 47.1 Å². The third kappa shape index (κ3) is 5.64. The summed E-state index contributed by atoms with van der Waals surface area (Å²) < 4.78 is 11.9. The molecule has 42 heavy (non-hydrogen) atoms. The van der Waals surface area contributed by atoms with Gasteiger partial charge in [-0.05, 0) is 67.0 Å². The molecule has 0 fully saturated rings. The second-order valence-corrected chi connectivity index (χ2v) is 12.1. The number of nitrogens with zero attached hydrogens (tertiary/aromatic N) is 2. The Balaban J connectivity index is 0.000000201. The van der Waals surface area contributed by atoms with E-state index in [-0.39, 0.29) is 27.5 Å². The zero-order valence-corrected chi connectivity index (χ0v) is 25.3. The number of hydrogen-bond acceptors (Lipinski definition) is 7. The quantitative estimate of drug-likeness (QED) is 0.132. The lowest BCUT2D eigenvalue weighted by atomic mass is 9.91. The molecule has 2 heterocycles. The molecule has 9 nitrogen and oxygen atoms in total. The highest BCUT2D eigenvalue weighted by Crippen LogP contribution is 2.46. The number of nitro groups is 2. The van der Waals surface area contributed by atoms with Crippen molar-refractivity contribution in [3.8, 4) is 11.5 Å². The van der Waals surface area contributed by atoms with Gasteiger partial charge in [0.25, 0.3) is 11.4 Å². The first-order chi connectivity index (χ1) is 19.6. The molecule has 5 rings (SSSR count). The van der Waals surface area contributed by atoms with Gasteiger partial charge in [-0.25, -0.2) is 0 Å². The van der Waals surface area contributed by atoms with E-state index in [0.717, 1.165) is 28.0 Å². The van der Waals surface area contributed by atoms with E-state index in [9.17, 15) is 25.0 Å². The van der Waals surface area contributed by atoms with Crippen molar-refractivity contribution in [2.24, 2.45) is 0 Å². The molecule has 0 N–H and O–H groups in total. The molecular weight excluding hydrogens is 536 g/mol. The van der Waals surface area contributed by atoms with Gasteiger partial charge in [-0.3, -0.25) is 25.0 Å². The van der Waals surface area contributed by atoms with Crippen LogP contribution in [0.5, 0.6) is 11.5 Å². The Hall–Kier alpha value is -4.53. The maximum absolute atomic E-state index is 11.7. The molecule has 0 saturated heterocycles. The fourth-order valence-corrected chi connectivity index (χ4v) is 5.71. The van der Waals surface area contributed by atoms with Crippen LogP contribution in [0.25, 0.3) is 12.2 Å². The fourth-order valence-electron chi connectivity index (χ4n) is 5.71. The number of ether oxygens (including phenoxy) is 2. The summed E-state index contributed by atoms with van der Waals surface area (Å²) in [6.07, 6.45) is 5.51. The van der Waals surface area contributed by atoms with Crippen LogP contribution < -0.4 is 9.47 Å². The molecule has 0 amide bonds. The van der Waals surface area contributed by atoms with Gasteiger partial charge in [0.15, 0.2) is 6.29 Å². The maximum Gasteiger partial charge on any atom is 0.283 e. The van der Waals surface area contributed by atoms with E-state index in [1.54, 1.807) is 20.8 Å². The maximum atomic E-state index is 11.7. The Morgan fingerprint density at radius 2 is 1.12 bits per heavy atom. The van der Waals surface area contributed by atoms with Crippen LogP contribution in [0, 0.1) is 47.9 Å². The van der Waals surface area contributed by atoms with Crippen molar-refractivity contribution < 1.29 is 24.1 Å². The largest absolute Gasteiger partial charge is 0.487 e. The summed E-state index contributed by atoms with van der Waals surface area (Å²) in [5.41, 5.74) is 5.51. The van der Waals surface area contributed by atoms with Crippen molar-refractivity contribution in [2.45, 2.75) is 79.4 Å². The molecule has 0 atom stereocenters. The van der Waals surface area contributed by atoms with Gasteiger partial charge in [0, 0.05) is 46.2 Å². The lowest BCUT2D eigenvalue weighted by Crippen LogP contribution is -2.25. The van der Waals surface area contributed by atoms with Crippen LogP contribution in [-0.4, -0.2) is 27.3 Å². The van der Waals surface area contributed by atoms with Gasteiger partial charge < -0.3 is 9.47 Å². The standard InChI is InChI=1S/C20H21NO3.C13H15NO4/c1-13-14(2)19-17(12-20(3,4)24-19)16(18(13)21(22)23)11-10-15-8-6-5-7-9-15;1-7-8(2)12-9(5-13(3,4)18-12)10(6-15)11(7)14(16)17/h5-11H,12H2,1-4H3;6H,5H2,1-4H3. The molecule has 9 heteroatoms. The van der Waals surface area contributed by atoms with Crippen LogP contribution in [0.4, 0.5) is 11.4 Å². The first-order valence-corrected chi connectivity index (χ1v) is 13.8. The lowest BCUT2D eigenvalue weighted by molar-refractivity contribution is -0.385. The van der Waals surface area contributed by atoms with Crippen LogP contribution in [0.2, 0.25) is 0 Å². The van der Waals surface area contributed by atoms with Crippen molar-refractivity contribution in [2.75, 3.05) is 0 Å². The molecule has 0 saturated carbocycles. The highest BCUT2D eigenvalue weighted by molar-refractivity contribution is 5.88. The van der Waals surface area contributed by atoms with Crippen molar-refractivity contribution in [1.29, 1.82) is 0 Å². The number of rotatable bonds is 5. The predicted molar refractivity (Wildman–Crippen MR) is 163 cm³/mol. The molecular formula is C33H36N2O7. The van der Waals surface area contributed by atoms with Gasteiger partial charge in [0.2, 0.25) is 0 Å². The second kappa shape index (κ2) is 11.0. The average molecular weight is 573 g/mol. The van der Waals surface area contributed by atoms with Gasteiger partial charge >= 0.3 is 0 Å². The second-order valence-electron chi connectivity index (χ2n) is 12.1. The summed E-state index contributed by atoms with van der Waals surface area (Å²) in [7, 11) is 0. The minimum atomic E-state index is -0.488. The number of carbonyl (C=O) groups is 1. The molecule has 2 aliphatic rings. The fraction of sp³-hybridized carbons (Fsp3) is 0.364. The Labute approximate surface area is 245 Å². The highest BCUT2D eigenvalue weighted by Gasteiger charge is 2.39. The number of carbonyl (C=O) groups excluding carboxylic acids is 1. The molecule has 0 radical (unpaired) electrons. The third-order valence-corrected chi connectivity index (χ3v) is 7.91. The van der Waals surface area contributed by atoms with Gasteiger partial charge in [-0.2, -0.15) is 0 Å². The van der Waals surface area contributed by atoms with E-state index in [1.165, 1.54) is 0 Å². The molecule has 0 aliphatic carbocycles. The highest BCUT2D eigenvalue weighted by atomic mass is 16.6. The van der Waals surface area contributed by atoms with Crippen LogP contribution in [0.1, 0.15) is 82.6 Å². The van der Waals surface area contributed by atoms with E-state index >= 15 is 0 Å². The third-order valence-electron chi connectivity index (χ3n) is 7.91. The molecule has 0 spiro atoms. The Kier molecular flexibility index (Phi) is 8.00. The van der Waals surface area contributed by atoms with E-state index < -0.39 is 10.5 Å². The predicted octanol–water partition coefficient (Wildman–Crippen LogP) is 7.83. The SMILES string of the molecule is Cc1c(C)c([N+](=O)[O-])c(C=Cc2ccccc2)c2c1OC(C)(C)C2.Cc1c(C)c([N+](=O)[O-])c(C=O)c2c1OC(C)(C)C2. The van der Waals surface area contributed by atoms with Crippen molar-refractivity contribution >= 4 is 29.8 Å². The van der Waals surface area contributed by atoms with E-state index in [2.05, 4.69) is 0 Å². The average Bonchev–Trinajstić information content (AvgIpc) is 3.42. The first kappa shape index (κ1) is 30.4. The van der Waals surface area contributed by atoms with Crippen LogP contribution >= 0.6 is 0 Å². The summed E-state index contributed by atoms with van der Waals surface area (Å²) in [6.45, 7) is 15.0. The zero-order valence-electron chi connectivity index (χ0n) is 25.3.